The molecule has 4 aromatic rings. The van der Waals surface area contributed by atoms with Gasteiger partial charge in [-0.05, 0) is 12.5 Å². The van der Waals surface area contributed by atoms with Crippen molar-refractivity contribution in [2.24, 2.45) is 7.05 Å². The standard InChI is InChI=1S/C19H15N5OS/c1-3-25-18-12(9-20)13(11-7-5-4-6-8-11)14-15-16(19(26)22-10-21-15)24(2)17(14)23-18/h4-8,10H,3H2,1-2H3,(H,21,22,26). The zero-order chi connectivity index (χ0) is 18.3. The van der Waals surface area contributed by atoms with Gasteiger partial charge in [0.05, 0.1) is 23.8 Å². The summed E-state index contributed by atoms with van der Waals surface area (Å²) in [5, 5.41) is 10.7. The minimum absolute atomic E-state index is 0.325. The van der Waals surface area contributed by atoms with Crippen LogP contribution in [0.3, 0.4) is 0 Å². The molecule has 128 valence electrons. The zero-order valence-electron chi connectivity index (χ0n) is 14.3. The van der Waals surface area contributed by atoms with Gasteiger partial charge in [0.1, 0.15) is 22.8 Å². The summed E-state index contributed by atoms with van der Waals surface area (Å²) in [6.07, 6.45) is 1.57. The zero-order valence-corrected chi connectivity index (χ0v) is 15.1. The van der Waals surface area contributed by atoms with Crippen molar-refractivity contribution >= 4 is 34.3 Å². The monoisotopic (exact) mass is 361 g/mol. The number of rotatable bonds is 3. The molecule has 7 heteroatoms. The number of hydrogen-bond donors (Lipinski definition) is 1. The van der Waals surface area contributed by atoms with E-state index < -0.39 is 0 Å². The van der Waals surface area contributed by atoms with Crippen molar-refractivity contribution in [2.45, 2.75) is 6.92 Å². The highest BCUT2D eigenvalue weighted by atomic mass is 32.1. The molecule has 0 bridgehead atoms. The number of fused-ring (bicyclic) bond motifs is 3. The third-order valence-electron chi connectivity index (χ3n) is 4.33. The molecule has 1 aromatic carbocycles. The van der Waals surface area contributed by atoms with Crippen LogP contribution in [0.25, 0.3) is 33.2 Å². The van der Waals surface area contributed by atoms with E-state index in [4.69, 9.17) is 17.0 Å². The Labute approximate surface area is 154 Å². The first-order chi connectivity index (χ1) is 12.7. The first kappa shape index (κ1) is 16.2. The Hall–Kier alpha value is -3.24. The van der Waals surface area contributed by atoms with Gasteiger partial charge in [0, 0.05) is 12.6 Å². The molecule has 0 amide bonds. The van der Waals surface area contributed by atoms with Crippen molar-refractivity contribution in [3.05, 3.63) is 46.9 Å². The van der Waals surface area contributed by atoms with E-state index in [1.807, 2.05) is 48.9 Å². The third-order valence-corrected chi connectivity index (χ3v) is 4.63. The molecule has 0 saturated heterocycles. The molecule has 0 fully saturated rings. The Morgan fingerprint density at radius 1 is 1.31 bits per heavy atom. The van der Waals surface area contributed by atoms with Gasteiger partial charge in [0.25, 0.3) is 0 Å². The Morgan fingerprint density at radius 2 is 2.08 bits per heavy atom. The van der Waals surface area contributed by atoms with Gasteiger partial charge in [-0.15, -0.1) is 0 Å². The van der Waals surface area contributed by atoms with Crippen molar-refractivity contribution < 1.29 is 4.74 Å². The molecule has 0 aliphatic carbocycles. The lowest BCUT2D eigenvalue weighted by atomic mass is 9.98. The highest BCUT2D eigenvalue weighted by Crippen LogP contribution is 2.39. The average Bonchev–Trinajstić information content (AvgIpc) is 2.95. The maximum atomic E-state index is 9.86. The van der Waals surface area contributed by atoms with E-state index in [-0.39, 0.29) is 0 Å². The Bertz CT molecular complexity index is 1230. The highest BCUT2D eigenvalue weighted by Gasteiger charge is 2.23. The van der Waals surface area contributed by atoms with Crippen LogP contribution in [0.5, 0.6) is 5.88 Å². The molecule has 0 unspecified atom stereocenters. The third kappa shape index (κ3) is 2.27. The Balaban J connectivity index is 2.30. The lowest BCUT2D eigenvalue weighted by molar-refractivity contribution is 0.327. The van der Waals surface area contributed by atoms with Crippen LogP contribution in [-0.2, 0) is 7.05 Å². The van der Waals surface area contributed by atoms with Gasteiger partial charge >= 0.3 is 0 Å². The summed E-state index contributed by atoms with van der Waals surface area (Å²) < 4.78 is 8.06. The summed E-state index contributed by atoms with van der Waals surface area (Å²) in [5.74, 6) is 0.325. The van der Waals surface area contributed by atoms with Crippen LogP contribution in [0.1, 0.15) is 12.5 Å². The Morgan fingerprint density at radius 3 is 2.77 bits per heavy atom. The molecule has 6 nitrogen and oxygen atoms in total. The van der Waals surface area contributed by atoms with Gasteiger partial charge in [-0.2, -0.15) is 10.2 Å². The summed E-state index contributed by atoms with van der Waals surface area (Å²) in [5.41, 5.74) is 4.39. The molecule has 0 aliphatic heterocycles. The number of nitrogens with one attached hydrogen (secondary N) is 1. The first-order valence-electron chi connectivity index (χ1n) is 8.15. The first-order valence-corrected chi connectivity index (χ1v) is 8.56. The number of pyridine rings is 1. The van der Waals surface area contributed by atoms with Crippen molar-refractivity contribution in [3.8, 4) is 23.1 Å². The molecular formula is C19H15N5OS. The van der Waals surface area contributed by atoms with E-state index in [0.29, 0.717) is 28.3 Å². The van der Waals surface area contributed by atoms with Crippen molar-refractivity contribution in [2.75, 3.05) is 6.61 Å². The average molecular weight is 361 g/mol. The van der Waals surface area contributed by atoms with E-state index in [9.17, 15) is 5.26 Å². The predicted molar refractivity (Wildman–Crippen MR) is 103 cm³/mol. The number of aromatic nitrogens is 4. The molecule has 26 heavy (non-hydrogen) atoms. The van der Waals surface area contributed by atoms with Crippen LogP contribution < -0.4 is 4.74 Å². The summed E-state index contributed by atoms with van der Waals surface area (Å²) >= 11 is 5.41. The topological polar surface area (TPSA) is 79.5 Å². The van der Waals surface area contributed by atoms with Crippen LogP contribution in [0.2, 0.25) is 0 Å². The Kier molecular flexibility index (Phi) is 3.90. The minimum Gasteiger partial charge on any atom is -0.477 e. The second-order valence-corrected chi connectivity index (χ2v) is 6.15. The van der Waals surface area contributed by atoms with Crippen LogP contribution in [-0.4, -0.2) is 26.1 Å². The predicted octanol–water partition coefficient (Wildman–Crippen LogP) is 4.12. The number of hydrogen-bond acceptors (Lipinski definition) is 5. The molecular weight excluding hydrogens is 346 g/mol. The summed E-state index contributed by atoms with van der Waals surface area (Å²) in [4.78, 5) is 12.0. The van der Waals surface area contributed by atoms with E-state index in [1.54, 1.807) is 6.33 Å². The molecule has 0 radical (unpaired) electrons. The largest absolute Gasteiger partial charge is 0.477 e. The molecule has 0 saturated carbocycles. The second kappa shape index (κ2) is 6.24. The van der Waals surface area contributed by atoms with Crippen LogP contribution in [0.15, 0.2) is 36.7 Å². The second-order valence-electron chi connectivity index (χ2n) is 5.77. The van der Waals surface area contributed by atoms with Crippen molar-refractivity contribution in [3.63, 3.8) is 0 Å². The maximum Gasteiger partial charge on any atom is 0.234 e. The fourth-order valence-electron chi connectivity index (χ4n) is 3.27. The van der Waals surface area contributed by atoms with Crippen molar-refractivity contribution in [1.82, 2.24) is 19.5 Å². The molecule has 0 aliphatic rings. The van der Waals surface area contributed by atoms with Crippen LogP contribution in [0.4, 0.5) is 0 Å². The summed E-state index contributed by atoms with van der Waals surface area (Å²) in [6, 6.07) is 12.0. The van der Waals surface area contributed by atoms with Crippen LogP contribution >= 0.6 is 12.2 Å². The highest BCUT2D eigenvalue weighted by molar-refractivity contribution is 7.71. The molecule has 0 atom stereocenters. The number of H-pyrrole nitrogens is 1. The van der Waals surface area contributed by atoms with Gasteiger partial charge in [-0.25, -0.2) is 4.98 Å². The fourth-order valence-corrected chi connectivity index (χ4v) is 3.56. The minimum atomic E-state index is 0.325. The molecule has 1 N–H and O–H groups in total. The number of ether oxygens (including phenoxy) is 1. The number of nitriles is 1. The molecule has 3 aromatic heterocycles. The number of nitrogens with zero attached hydrogens (tertiary/aromatic N) is 4. The SMILES string of the molecule is CCOc1nc2c(c(-c3ccccc3)c1C#N)c1[nH]cnc(=S)c1n2C. The lowest BCUT2D eigenvalue weighted by Gasteiger charge is -2.12. The van der Waals surface area contributed by atoms with E-state index in [1.165, 1.54) is 0 Å². The van der Waals surface area contributed by atoms with Gasteiger partial charge in [0.15, 0.2) is 4.64 Å². The maximum absolute atomic E-state index is 9.86. The summed E-state index contributed by atoms with van der Waals surface area (Å²) in [6.45, 7) is 2.29. The normalized spacial score (nSPS) is 11.0. The van der Waals surface area contributed by atoms with Crippen molar-refractivity contribution in [1.29, 1.82) is 5.26 Å². The van der Waals surface area contributed by atoms with Gasteiger partial charge in [0.2, 0.25) is 5.88 Å². The van der Waals surface area contributed by atoms with Gasteiger partial charge in [-0.1, -0.05) is 42.5 Å². The van der Waals surface area contributed by atoms with E-state index in [2.05, 4.69) is 21.0 Å². The number of aryl methyl sites for hydroxylation is 1. The smallest absolute Gasteiger partial charge is 0.234 e. The fraction of sp³-hybridized carbons (Fsp3) is 0.158. The number of benzene rings is 1. The molecule has 3 heterocycles. The van der Waals surface area contributed by atoms with Gasteiger partial charge in [-0.3, -0.25) is 0 Å². The quantitative estimate of drug-likeness (QED) is 0.555. The number of aromatic amines is 1. The summed E-state index contributed by atoms with van der Waals surface area (Å²) in [7, 11) is 1.89. The van der Waals surface area contributed by atoms with Gasteiger partial charge < -0.3 is 14.3 Å². The van der Waals surface area contributed by atoms with E-state index in [0.717, 1.165) is 27.5 Å². The lowest BCUT2D eigenvalue weighted by Crippen LogP contribution is -2.02. The molecule has 0 spiro atoms. The molecule has 4 rings (SSSR count). The van der Waals surface area contributed by atoms with E-state index >= 15 is 0 Å². The van der Waals surface area contributed by atoms with Crippen LogP contribution in [0, 0.1) is 16.0 Å².